The van der Waals surface area contributed by atoms with E-state index in [4.69, 9.17) is 8.83 Å². The van der Waals surface area contributed by atoms with E-state index in [1.54, 1.807) is 29.4 Å². The number of benzene rings is 8. The van der Waals surface area contributed by atoms with Crippen LogP contribution in [0, 0.1) is 6.92 Å². The predicted octanol–water partition coefficient (Wildman–Crippen LogP) is 15.8. The van der Waals surface area contributed by atoms with Gasteiger partial charge in [-0.25, -0.2) is 0 Å². The number of hydrogen-bond acceptors (Lipinski definition) is 7. The Morgan fingerprint density at radius 2 is 1.11 bits per heavy atom. The van der Waals surface area contributed by atoms with Gasteiger partial charge in [0, 0.05) is 50.3 Å². The zero-order valence-electron chi connectivity index (χ0n) is 38.7. The van der Waals surface area contributed by atoms with E-state index in [0.717, 1.165) is 88.6 Å². The van der Waals surface area contributed by atoms with Crippen molar-refractivity contribution in [2.75, 3.05) is 6.26 Å². The quantitative estimate of drug-likeness (QED) is 0.104. The van der Waals surface area contributed by atoms with Gasteiger partial charge in [0.25, 0.3) is 0 Å². The van der Waals surface area contributed by atoms with Crippen LogP contribution < -0.4 is 24.3 Å². The predicted molar refractivity (Wildman–Crippen MR) is 306 cm³/mol. The summed E-state index contributed by atoms with van der Waals surface area (Å²) >= 11 is 17.3. The van der Waals surface area contributed by atoms with E-state index < -0.39 is 5.60 Å². The number of hydrogen-bond donors (Lipinski definition) is 2. The normalized spacial score (nSPS) is 13.2. The molecule has 1 unspecified atom stereocenters. The summed E-state index contributed by atoms with van der Waals surface area (Å²) in [5.74, 6) is 0.577. The van der Waals surface area contributed by atoms with E-state index in [0.29, 0.717) is 11.3 Å². The van der Waals surface area contributed by atoms with Crippen molar-refractivity contribution in [2.45, 2.75) is 35.2 Å². The summed E-state index contributed by atoms with van der Waals surface area (Å²) in [5.41, 5.74) is 6.72. The van der Waals surface area contributed by atoms with Crippen molar-refractivity contribution in [1.82, 2.24) is 0 Å². The molecule has 0 fully saturated rings. The Labute approximate surface area is 459 Å². The van der Waals surface area contributed by atoms with Gasteiger partial charge in [-0.15, -0.1) is 11.3 Å². The summed E-state index contributed by atoms with van der Waals surface area (Å²) < 4.78 is 17.1. The van der Waals surface area contributed by atoms with Gasteiger partial charge in [-0.05, 0) is 89.2 Å². The molecule has 1 N–H and O–H groups in total. The van der Waals surface area contributed by atoms with E-state index in [-0.39, 0.29) is 24.3 Å². The third-order valence-electron chi connectivity index (χ3n) is 11.3. The molecular weight excluding hydrogens is 1120 g/mol. The standard InChI is InChI=1S/C27H17BrO2S.C15H7BrO2S.C12H9Br.C4H9.CH4S.Li/c28-18-14-15-23-20(16-18)25-26(30-23)27(29,22-12-6-7-13-24(22)31-25)21-11-5-4-10-19(21)17-8-2-1-3-9-17;16-8-5-6-11-10(7-8)15-14(18-11)13(17)9-3-1-2-4-12(9)19-15;13-12-9-5-4-8-11(12)10-6-2-1-3-7-10;1-3-4-2;1-2;/h1-16,29H;1-7H;1-9H;1,3-4H2,2H3;2H,1H3;/q;;;-1;;+1. The molecule has 1 aliphatic rings. The molecule has 0 saturated heterocycles. The van der Waals surface area contributed by atoms with E-state index in [9.17, 15) is 9.90 Å². The molecule has 0 aliphatic carbocycles. The first-order valence-electron chi connectivity index (χ1n) is 22.1. The molecular formula is C59H46Br3LiO4S3. The minimum atomic E-state index is -1.41. The smallest absolute Gasteiger partial charge is 0.456 e. The Kier molecular flexibility index (Phi) is 18.8. The van der Waals surface area contributed by atoms with Crippen molar-refractivity contribution in [1.29, 1.82) is 0 Å². The molecule has 8 aromatic carbocycles. The molecule has 70 heavy (non-hydrogen) atoms. The van der Waals surface area contributed by atoms with Crippen molar-refractivity contribution >= 4 is 126 Å². The molecule has 12 rings (SSSR count). The van der Waals surface area contributed by atoms with Crippen molar-refractivity contribution in [3.8, 4) is 22.3 Å². The van der Waals surface area contributed by atoms with Crippen LogP contribution in [0.5, 0.6) is 0 Å². The van der Waals surface area contributed by atoms with Gasteiger partial charge in [-0.3, -0.25) is 4.79 Å². The Balaban J connectivity index is 0.000000158. The molecule has 346 valence electrons. The minimum absolute atomic E-state index is 0. The van der Waals surface area contributed by atoms with Gasteiger partial charge in [0.2, 0.25) is 5.43 Å². The SMILES string of the molecule is Brc1ccccc1-c1ccccc1.CS.O=c1c2ccccc2sc2c1oc1ccc(Br)cc12.OC1(c2ccccc2-c2ccccc2)c2ccccc2Sc2c1oc1ccc(Br)cc21.[CH2-]CCC.[Li+]. The maximum Gasteiger partial charge on any atom is 1.00 e. The van der Waals surface area contributed by atoms with E-state index in [2.05, 4.69) is 141 Å². The van der Waals surface area contributed by atoms with Crippen LogP contribution >= 0.6 is 83.5 Å². The number of fused-ring (bicyclic) bond motifs is 8. The maximum absolute atomic E-state index is 12.5. The molecule has 11 heteroatoms. The van der Waals surface area contributed by atoms with Crippen molar-refractivity contribution in [3.63, 3.8) is 0 Å². The van der Waals surface area contributed by atoms with Crippen LogP contribution in [0.3, 0.4) is 0 Å². The van der Waals surface area contributed by atoms with Crippen LogP contribution in [0.15, 0.2) is 231 Å². The second-order valence-electron chi connectivity index (χ2n) is 15.6. The van der Waals surface area contributed by atoms with Gasteiger partial charge >= 0.3 is 18.9 Å². The molecule has 3 aromatic heterocycles. The molecule has 1 aliphatic heterocycles. The number of furan rings is 2. The summed E-state index contributed by atoms with van der Waals surface area (Å²) in [6, 6.07) is 64.3. The van der Waals surface area contributed by atoms with Gasteiger partial charge < -0.3 is 20.9 Å². The summed E-state index contributed by atoms with van der Waals surface area (Å²) in [4.78, 5) is 14.4. The van der Waals surface area contributed by atoms with Crippen molar-refractivity contribution in [3.05, 3.63) is 242 Å². The maximum atomic E-state index is 12.5. The number of aliphatic hydroxyl groups is 1. The zero-order chi connectivity index (χ0) is 48.5. The topological polar surface area (TPSA) is 63.6 Å². The third kappa shape index (κ3) is 11.2. The summed E-state index contributed by atoms with van der Waals surface area (Å²) in [7, 11) is 0. The Morgan fingerprint density at radius 3 is 1.76 bits per heavy atom. The first-order chi connectivity index (χ1) is 33.7. The second-order valence-corrected chi connectivity index (χ2v) is 20.4. The first kappa shape index (κ1) is 53.2. The molecule has 0 spiro atoms. The van der Waals surface area contributed by atoms with Crippen LogP contribution in [-0.2, 0) is 5.60 Å². The Hall–Kier alpha value is -4.57. The minimum Gasteiger partial charge on any atom is -0.456 e. The third-order valence-corrected chi connectivity index (χ3v) is 15.3. The number of unbranched alkanes of at least 4 members (excludes halogenated alkanes) is 1. The van der Waals surface area contributed by atoms with Gasteiger partial charge in [-0.1, -0.05) is 206 Å². The largest absolute Gasteiger partial charge is 1.00 e. The average Bonchev–Trinajstić information content (AvgIpc) is 3.96. The molecule has 4 nitrogen and oxygen atoms in total. The Morgan fingerprint density at radius 1 is 0.600 bits per heavy atom. The van der Waals surface area contributed by atoms with Crippen LogP contribution in [0.25, 0.3) is 64.6 Å². The fraction of sp³-hybridized carbons (Fsp3) is 0.0847. The molecule has 4 heterocycles. The van der Waals surface area contributed by atoms with E-state index in [1.807, 2.05) is 127 Å². The van der Waals surface area contributed by atoms with Crippen LogP contribution in [0.4, 0.5) is 0 Å². The van der Waals surface area contributed by atoms with Gasteiger partial charge in [0.1, 0.15) is 11.2 Å². The summed E-state index contributed by atoms with van der Waals surface area (Å²) in [5, 5.41) is 15.2. The van der Waals surface area contributed by atoms with Gasteiger partial charge in [0.15, 0.2) is 16.9 Å². The fourth-order valence-corrected chi connectivity index (χ4v) is 11.6. The molecule has 0 radical (unpaired) electrons. The van der Waals surface area contributed by atoms with Crippen LogP contribution in [0.1, 0.15) is 36.7 Å². The molecule has 0 bridgehead atoms. The summed E-state index contributed by atoms with van der Waals surface area (Å²) in [6.45, 7) is 5.72. The summed E-state index contributed by atoms with van der Waals surface area (Å²) in [6.07, 6.45) is 3.97. The first-order valence-corrected chi connectivity index (χ1v) is 27.0. The number of halogens is 3. The fourth-order valence-electron chi connectivity index (χ4n) is 8.00. The molecule has 0 saturated carbocycles. The van der Waals surface area contributed by atoms with Crippen molar-refractivity contribution < 1.29 is 32.8 Å². The van der Waals surface area contributed by atoms with Crippen LogP contribution in [0.2, 0.25) is 0 Å². The molecule has 0 amide bonds. The zero-order valence-corrected chi connectivity index (χ0v) is 46.0. The van der Waals surface area contributed by atoms with Crippen LogP contribution in [-0.4, -0.2) is 11.4 Å². The van der Waals surface area contributed by atoms with Crippen molar-refractivity contribution in [2.24, 2.45) is 0 Å². The molecule has 1 atom stereocenters. The average molecular weight is 1160 g/mol. The monoisotopic (exact) mass is 1160 g/mol. The number of thiol groups is 1. The Bertz CT molecular complexity index is 3580. The number of rotatable bonds is 4. The molecule has 11 aromatic rings. The van der Waals surface area contributed by atoms with Gasteiger partial charge in [-0.2, -0.15) is 19.0 Å². The second kappa shape index (κ2) is 24.7. The van der Waals surface area contributed by atoms with E-state index >= 15 is 0 Å². The van der Waals surface area contributed by atoms with E-state index in [1.165, 1.54) is 17.5 Å². The van der Waals surface area contributed by atoms with Gasteiger partial charge in [0.05, 0.1) is 9.60 Å².